The summed E-state index contributed by atoms with van der Waals surface area (Å²) in [4.78, 5) is 0. The van der Waals surface area contributed by atoms with Crippen LogP contribution in [0.5, 0.6) is 0 Å². The van der Waals surface area contributed by atoms with Gasteiger partial charge in [0.25, 0.3) is 0 Å². The molecule has 0 amide bonds. The third-order valence-electron chi connectivity index (χ3n) is 5.45. The molecule has 0 unspecified atom stereocenters. The van der Waals surface area contributed by atoms with E-state index < -0.39 is 0 Å². The molecule has 4 aromatic rings. The minimum atomic E-state index is -0.256. The number of benzene rings is 4. The van der Waals surface area contributed by atoms with Crippen LogP contribution in [0.25, 0.3) is 21.9 Å². The van der Waals surface area contributed by atoms with Gasteiger partial charge in [0.15, 0.2) is 0 Å². The monoisotopic (exact) mass is 392 g/mol. The molecule has 0 nitrogen and oxygen atoms in total. The van der Waals surface area contributed by atoms with Gasteiger partial charge in [-0.2, -0.15) is 0 Å². The quantitative estimate of drug-likeness (QED) is 0.312. The first kappa shape index (κ1) is 19.9. The molecule has 0 aliphatic rings. The van der Waals surface area contributed by atoms with Gasteiger partial charge in [-0.3, -0.25) is 0 Å². The summed E-state index contributed by atoms with van der Waals surface area (Å²) in [5.41, 5.74) is 6.12. The highest BCUT2D eigenvalue weighted by atomic mass is 19.1. The summed E-state index contributed by atoms with van der Waals surface area (Å²) in [6.07, 6.45) is 3.53. The van der Waals surface area contributed by atoms with E-state index in [9.17, 15) is 0 Å². The zero-order valence-corrected chi connectivity index (χ0v) is 17.5. The molecule has 1 heteroatoms. The molecule has 0 atom stereocenters. The van der Waals surface area contributed by atoms with E-state index in [0.29, 0.717) is 10.9 Å². The molecule has 0 heterocycles. The van der Waals surface area contributed by atoms with E-state index in [1.807, 2.05) is 49.4 Å². The van der Waals surface area contributed by atoms with Crippen LogP contribution in [-0.2, 0) is 6.42 Å². The summed E-state index contributed by atoms with van der Waals surface area (Å²) in [7, 11) is 0. The van der Waals surface area contributed by atoms with Gasteiger partial charge in [-0.1, -0.05) is 85.3 Å². The van der Waals surface area contributed by atoms with Gasteiger partial charge in [0.05, 0.1) is 5.56 Å². The first-order valence-electron chi connectivity index (χ1n) is 10.5. The van der Waals surface area contributed by atoms with Crippen LogP contribution in [0.1, 0.15) is 42.0 Å². The molecule has 30 heavy (non-hydrogen) atoms. The number of fused-ring (bicyclic) bond motifs is 1. The van der Waals surface area contributed by atoms with Gasteiger partial charge in [-0.05, 0) is 66.1 Å². The van der Waals surface area contributed by atoms with Crippen LogP contribution in [0, 0.1) is 24.6 Å². The van der Waals surface area contributed by atoms with Crippen molar-refractivity contribution in [1.29, 1.82) is 0 Å². The second kappa shape index (κ2) is 8.97. The van der Waals surface area contributed by atoms with Crippen molar-refractivity contribution in [2.75, 3.05) is 0 Å². The average Bonchev–Trinajstić information content (AvgIpc) is 2.78. The van der Waals surface area contributed by atoms with Gasteiger partial charge < -0.3 is 0 Å². The summed E-state index contributed by atoms with van der Waals surface area (Å²) in [5, 5.41) is 1.50. The molecule has 0 saturated carbocycles. The van der Waals surface area contributed by atoms with Crippen LogP contribution in [0.2, 0.25) is 0 Å². The number of rotatable bonds is 4. The van der Waals surface area contributed by atoms with Gasteiger partial charge in [0.1, 0.15) is 5.82 Å². The normalized spacial score (nSPS) is 10.6. The predicted molar refractivity (Wildman–Crippen MR) is 125 cm³/mol. The number of unbranched alkanes of at least 4 members (excludes halogenated alkanes) is 1. The van der Waals surface area contributed by atoms with Crippen molar-refractivity contribution in [3.05, 3.63) is 107 Å². The first-order chi connectivity index (χ1) is 14.6. The maximum atomic E-state index is 15.0. The third kappa shape index (κ3) is 4.44. The van der Waals surface area contributed by atoms with Crippen molar-refractivity contribution in [2.24, 2.45) is 0 Å². The minimum absolute atomic E-state index is 0.256. The topological polar surface area (TPSA) is 0 Å². The van der Waals surface area contributed by atoms with Crippen molar-refractivity contribution in [3.8, 4) is 23.0 Å². The molecule has 0 spiro atoms. The van der Waals surface area contributed by atoms with Gasteiger partial charge in [0.2, 0.25) is 0 Å². The predicted octanol–water partition coefficient (Wildman–Crippen LogP) is 7.70. The Hall–Kier alpha value is -3.37. The van der Waals surface area contributed by atoms with Crippen molar-refractivity contribution in [1.82, 2.24) is 0 Å². The smallest absolute Gasteiger partial charge is 0.146 e. The van der Waals surface area contributed by atoms with E-state index in [1.165, 1.54) is 24.0 Å². The van der Waals surface area contributed by atoms with E-state index in [2.05, 4.69) is 49.1 Å². The number of hydrogen-bond donors (Lipinski definition) is 0. The molecule has 0 aromatic heterocycles. The highest BCUT2D eigenvalue weighted by Crippen LogP contribution is 2.28. The number of halogens is 1. The molecule has 0 radical (unpaired) electrons. The lowest BCUT2D eigenvalue weighted by molar-refractivity contribution is 0.636. The van der Waals surface area contributed by atoms with Crippen LogP contribution in [0.3, 0.4) is 0 Å². The summed E-state index contributed by atoms with van der Waals surface area (Å²) in [6.45, 7) is 4.25. The van der Waals surface area contributed by atoms with Crippen LogP contribution < -0.4 is 0 Å². The molecule has 0 aliphatic carbocycles. The van der Waals surface area contributed by atoms with Crippen molar-refractivity contribution in [2.45, 2.75) is 33.1 Å². The Morgan fingerprint density at radius 3 is 2.23 bits per heavy atom. The fourth-order valence-electron chi connectivity index (χ4n) is 3.59. The largest absolute Gasteiger partial charge is 0.205 e. The van der Waals surface area contributed by atoms with Crippen molar-refractivity contribution < 1.29 is 4.39 Å². The summed E-state index contributed by atoms with van der Waals surface area (Å²) in [5.74, 6) is 5.79. The molecule has 0 fully saturated rings. The average molecular weight is 393 g/mol. The van der Waals surface area contributed by atoms with Gasteiger partial charge in [-0.15, -0.1) is 0 Å². The zero-order chi connectivity index (χ0) is 20.9. The third-order valence-corrected chi connectivity index (χ3v) is 5.45. The minimum Gasteiger partial charge on any atom is -0.205 e. The Morgan fingerprint density at radius 2 is 1.50 bits per heavy atom. The van der Waals surface area contributed by atoms with Crippen LogP contribution in [-0.4, -0.2) is 0 Å². The zero-order valence-electron chi connectivity index (χ0n) is 17.5. The van der Waals surface area contributed by atoms with Crippen LogP contribution >= 0.6 is 0 Å². The fraction of sp³-hybridized carbons (Fsp3) is 0.172. The Morgan fingerprint density at radius 1 is 0.767 bits per heavy atom. The number of aryl methyl sites for hydroxylation is 2. The molecule has 0 aliphatic heterocycles. The molecule has 0 N–H and O–H groups in total. The van der Waals surface area contributed by atoms with Crippen LogP contribution in [0.4, 0.5) is 4.39 Å². The molecule has 148 valence electrons. The fourth-order valence-corrected chi connectivity index (χ4v) is 3.59. The number of hydrogen-bond acceptors (Lipinski definition) is 0. The van der Waals surface area contributed by atoms with Gasteiger partial charge in [-0.25, -0.2) is 4.39 Å². The Balaban J connectivity index is 1.62. The molecule has 0 saturated heterocycles. The van der Waals surface area contributed by atoms with Gasteiger partial charge >= 0.3 is 0 Å². The second-order valence-corrected chi connectivity index (χ2v) is 7.78. The molecular weight excluding hydrogens is 367 g/mol. The Bertz CT molecular complexity index is 1220. The van der Waals surface area contributed by atoms with E-state index >= 15 is 4.39 Å². The molecule has 4 rings (SSSR count). The van der Waals surface area contributed by atoms with E-state index in [1.54, 1.807) is 6.07 Å². The maximum Gasteiger partial charge on any atom is 0.146 e. The lowest BCUT2D eigenvalue weighted by atomic mass is 9.98. The first-order valence-corrected chi connectivity index (χ1v) is 10.5. The van der Waals surface area contributed by atoms with E-state index in [4.69, 9.17) is 0 Å². The summed E-state index contributed by atoms with van der Waals surface area (Å²) in [6, 6.07) is 26.3. The maximum absolute atomic E-state index is 15.0. The standard InChI is InChI=1S/C29H25F/c1-3-4-5-22-10-13-24(14-11-22)26-18-19-28-27(20-26)17-16-25(29(28)30)15-12-23-8-6-21(2)7-9-23/h6-11,13-14,16-20H,3-5H2,1-2H3. The molecular formula is C29H25F. The highest BCUT2D eigenvalue weighted by molar-refractivity contribution is 5.89. The van der Waals surface area contributed by atoms with E-state index in [0.717, 1.165) is 28.5 Å². The molecule has 0 bridgehead atoms. The van der Waals surface area contributed by atoms with Gasteiger partial charge in [0, 0.05) is 10.9 Å². The lowest BCUT2D eigenvalue weighted by Gasteiger charge is -2.07. The Kier molecular flexibility index (Phi) is 5.96. The van der Waals surface area contributed by atoms with E-state index in [-0.39, 0.29) is 5.82 Å². The lowest BCUT2D eigenvalue weighted by Crippen LogP contribution is -1.88. The second-order valence-electron chi connectivity index (χ2n) is 7.78. The summed E-state index contributed by atoms with van der Waals surface area (Å²) >= 11 is 0. The van der Waals surface area contributed by atoms with Crippen molar-refractivity contribution >= 4 is 10.8 Å². The molecule has 4 aromatic carbocycles. The summed E-state index contributed by atoms with van der Waals surface area (Å²) < 4.78 is 15.0. The highest BCUT2D eigenvalue weighted by Gasteiger charge is 2.07. The Labute approximate surface area is 178 Å². The van der Waals surface area contributed by atoms with Crippen LogP contribution in [0.15, 0.2) is 78.9 Å². The van der Waals surface area contributed by atoms with Crippen molar-refractivity contribution in [3.63, 3.8) is 0 Å². The SMILES string of the molecule is CCCCc1ccc(-c2ccc3c(F)c(C#Cc4ccc(C)cc4)ccc3c2)cc1.